The molecule has 1 aliphatic heterocycles. The molecule has 0 aromatic heterocycles. The molecular formula is C22H30IN5O. The lowest BCUT2D eigenvalue weighted by molar-refractivity contribution is 0.222. The zero-order valence-corrected chi connectivity index (χ0v) is 19.4. The largest absolute Gasteiger partial charge is 0.352 e. The quantitative estimate of drug-likeness (QED) is 0.364. The molecule has 0 bridgehead atoms. The van der Waals surface area contributed by atoms with Crippen molar-refractivity contribution in [1.29, 1.82) is 0 Å². The molecule has 0 radical (unpaired) electrons. The summed E-state index contributed by atoms with van der Waals surface area (Å²) < 4.78 is 0. The van der Waals surface area contributed by atoms with Gasteiger partial charge in [0.25, 0.3) is 0 Å². The third-order valence-electron chi connectivity index (χ3n) is 4.70. The lowest BCUT2D eigenvalue weighted by Crippen LogP contribution is -2.36. The minimum atomic E-state index is -0.0170. The number of benzene rings is 2. The summed E-state index contributed by atoms with van der Waals surface area (Å²) in [6.45, 7) is 2.96. The summed E-state index contributed by atoms with van der Waals surface area (Å²) in [7, 11) is 3.95. The number of amides is 2. The van der Waals surface area contributed by atoms with E-state index in [0.29, 0.717) is 6.54 Å². The van der Waals surface area contributed by atoms with Crippen molar-refractivity contribution in [1.82, 2.24) is 15.1 Å². The second-order valence-corrected chi connectivity index (χ2v) is 7.20. The van der Waals surface area contributed by atoms with Crippen LogP contribution in [0.4, 0.5) is 10.5 Å². The summed E-state index contributed by atoms with van der Waals surface area (Å²) in [6, 6.07) is 18.1. The van der Waals surface area contributed by atoms with Gasteiger partial charge < -0.3 is 20.4 Å². The highest BCUT2D eigenvalue weighted by atomic mass is 127. The molecule has 1 saturated heterocycles. The van der Waals surface area contributed by atoms with Gasteiger partial charge in [-0.1, -0.05) is 42.5 Å². The lowest BCUT2D eigenvalue weighted by Gasteiger charge is -2.18. The fraction of sp³-hybridized carbons (Fsp3) is 0.364. The summed E-state index contributed by atoms with van der Waals surface area (Å²) in [6.07, 6.45) is 2.18. The van der Waals surface area contributed by atoms with Crippen LogP contribution in [-0.2, 0) is 13.1 Å². The Balaban J connectivity index is 0.00000300. The number of aliphatic imine (C=N–C) groups is 1. The summed E-state index contributed by atoms with van der Waals surface area (Å²) in [5.74, 6) is 0.829. The van der Waals surface area contributed by atoms with Gasteiger partial charge in [0.1, 0.15) is 0 Å². The van der Waals surface area contributed by atoms with Crippen LogP contribution in [-0.4, -0.2) is 49.0 Å². The highest BCUT2D eigenvalue weighted by Crippen LogP contribution is 2.15. The van der Waals surface area contributed by atoms with Crippen molar-refractivity contribution in [2.45, 2.75) is 25.9 Å². The topological polar surface area (TPSA) is 60.0 Å². The van der Waals surface area contributed by atoms with Crippen molar-refractivity contribution in [2.24, 2.45) is 4.99 Å². The molecule has 7 heteroatoms. The average molecular weight is 507 g/mol. The van der Waals surface area contributed by atoms with Gasteiger partial charge in [0, 0.05) is 39.4 Å². The van der Waals surface area contributed by atoms with Crippen LogP contribution < -0.4 is 10.6 Å². The molecule has 2 amide bonds. The molecule has 156 valence electrons. The minimum absolute atomic E-state index is 0. The number of carbonyl (C=O) groups excluding carboxylic acids is 1. The molecule has 3 rings (SSSR count). The minimum Gasteiger partial charge on any atom is -0.352 e. The molecule has 0 aliphatic carbocycles. The summed E-state index contributed by atoms with van der Waals surface area (Å²) in [5, 5.41) is 6.38. The fourth-order valence-electron chi connectivity index (χ4n) is 3.17. The van der Waals surface area contributed by atoms with E-state index in [0.717, 1.165) is 49.7 Å². The number of anilines is 1. The maximum Gasteiger partial charge on any atom is 0.321 e. The van der Waals surface area contributed by atoms with Gasteiger partial charge in [-0.15, -0.1) is 24.0 Å². The van der Waals surface area contributed by atoms with E-state index in [1.807, 2.05) is 66.4 Å². The molecular weight excluding hydrogens is 477 g/mol. The van der Waals surface area contributed by atoms with Gasteiger partial charge in [0.2, 0.25) is 0 Å². The number of likely N-dealkylation sites (tertiary alicyclic amines) is 1. The van der Waals surface area contributed by atoms with Crippen molar-refractivity contribution in [2.75, 3.05) is 32.5 Å². The highest BCUT2D eigenvalue weighted by molar-refractivity contribution is 14.0. The van der Waals surface area contributed by atoms with Crippen molar-refractivity contribution in [3.8, 4) is 0 Å². The van der Waals surface area contributed by atoms with Crippen LogP contribution in [0.5, 0.6) is 0 Å². The number of carbonyl (C=O) groups is 1. The molecule has 0 atom stereocenters. The normalized spacial score (nSPS) is 13.6. The first-order valence-electron chi connectivity index (χ1n) is 9.76. The van der Waals surface area contributed by atoms with Crippen molar-refractivity contribution >= 4 is 41.7 Å². The molecule has 6 nitrogen and oxygen atoms in total. The lowest BCUT2D eigenvalue weighted by atomic mass is 10.2. The Morgan fingerprint density at radius 3 is 2.41 bits per heavy atom. The zero-order chi connectivity index (χ0) is 19.8. The number of nitrogens with one attached hydrogen (secondary N) is 2. The molecule has 2 aromatic carbocycles. The summed E-state index contributed by atoms with van der Waals surface area (Å²) in [5.41, 5.74) is 3.08. The Labute approximate surface area is 190 Å². The van der Waals surface area contributed by atoms with E-state index >= 15 is 0 Å². The van der Waals surface area contributed by atoms with Gasteiger partial charge in [0.15, 0.2) is 5.96 Å². The van der Waals surface area contributed by atoms with Crippen LogP contribution in [0.25, 0.3) is 0 Å². The molecule has 1 heterocycles. The van der Waals surface area contributed by atoms with E-state index in [2.05, 4.69) is 22.8 Å². The molecule has 1 aliphatic rings. The van der Waals surface area contributed by atoms with Crippen LogP contribution in [0, 0.1) is 0 Å². The maximum atomic E-state index is 12.3. The van der Waals surface area contributed by atoms with Crippen LogP contribution >= 0.6 is 24.0 Å². The second kappa shape index (κ2) is 11.6. The number of hydrogen-bond acceptors (Lipinski definition) is 2. The first kappa shape index (κ1) is 23.0. The summed E-state index contributed by atoms with van der Waals surface area (Å²) >= 11 is 0. The standard InChI is InChI=1S/C22H29N5O.HI/c1-26(2)21(23-16-18-9-4-3-5-10-18)24-17-19-11-8-12-20(15-19)25-22(28)27-13-6-7-14-27;/h3-5,8-12,15H,6-7,13-14,16-17H2,1-2H3,(H,23,24)(H,25,28);1H. The summed E-state index contributed by atoms with van der Waals surface area (Å²) in [4.78, 5) is 20.8. The van der Waals surface area contributed by atoms with Crippen LogP contribution in [0.1, 0.15) is 24.0 Å². The van der Waals surface area contributed by atoms with Gasteiger partial charge in [-0.3, -0.25) is 0 Å². The Bertz CT molecular complexity index is 804. The molecule has 0 saturated carbocycles. The van der Waals surface area contributed by atoms with Gasteiger partial charge in [0.05, 0.1) is 6.54 Å². The van der Waals surface area contributed by atoms with E-state index in [1.54, 1.807) is 0 Å². The first-order chi connectivity index (χ1) is 13.6. The Morgan fingerprint density at radius 1 is 1.03 bits per heavy atom. The number of guanidine groups is 1. The third kappa shape index (κ3) is 7.23. The van der Waals surface area contributed by atoms with E-state index in [4.69, 9.17) is 4.99 Å². The molecule has 2 aromatic rings. The van der Waals surface area contributed by atoms with E-state index in [1.165, 1.54) is 5.56 Å². The SMILES string of the molecule is CN(C)C(=NCc1cccc(NC(=O)N2CCCC2)c1)NCc1ccccc1.I. The molecule has 2 N–H and O–H groups in total. The van der Waals surface area contributed by atoms with Gasteiger partial charge in [-0.2, -0.15) is 0 Å². The number of urea groups is 1. The Hall–Kier alpha value is -2.29. The van der Waals surface area contributed by atoms with Crippen molar-refractivity contribution in [3.63, 3.8) is 0 Å². The average Bonchev–Trinajstić information content (AvgIpc) is 3.24. The van der Waals surface area contributed by atoms with Crippen molar-refractivity contribution in [3.05, 3.63) is 65.7 Å². The van der Waals surface area contributed by atoms with Crippen LogP contribution in [0.15, 0.2) is 59.6 Å². The van der Waals surface area contributed by atoms with Gasteiger partial charge >= 0.3 is 6.03 Å². The Kier molecular flexibility index (Phi) is 9.24. The predicted octanol–water partition coefficient (Wildman–Crippen LogP) is 4.14. The Morgan fingerprint density at radius 2 is 1.72 bits per heavy atom. The number of halogens is 1. The second-order valence-electron chi connectivity index (χ2n) is 7.20. The first-order valence-corrected chi connectivity index (χ1v) is 9.76. The molecule has 0 spiro atoms. The number of rotatable bonds is 5. The highest BCUT2D eigenvalue weighted by Gasteiger charge is 2.17. The van der Waals surface area contributed by atoms with Crippen molar-refractivity contribution < 1.29 is 4.79 Å². The smallest absolute Gasteiger partial charge is 0.321 e. The third-order valence-corrected chi connectivity index (χ3v) is 4.70. The predicted molar refractivity (Wildman–Crippen MR) is 130 cm³/mol. The van der Waals surface area contributed by atoms with E-state index < -0.39 is 0 Å². The number of nitrogens with zero attached hydrogens (tertiary/aromatic N) is 3. The molecule has 0 unspecified atom stereocenters. The van der Waals surface area contributed by atoms with E-state index in [-0.39, 0.29) is 30.0 Å². The molecule has 29 heavy (non-hydrogen) atoms. The van der Waals surface area contributed by atoms with Crippen LogP contribution in [0.3, 0.4) is 0 Å². The molecule has 1 fully saturated rings. The van der Waals surface area contributed by atoms with Crippen LogP contribution in [0.2, 0.25) is 0 Å². The van der Waals surface area contributed by atoms with Gasteiger partial charge in [-0.25, -0.2) is 9.79 Å². The van der Waals surface area contributed by atoms with Gasteiger partial charge in [-0.05, 0) is 36.1 Å². The number of hydrogen-bond donors (Lipinski definition) is 2. The maximum absolute atomic E-state index is 12.3. The monoisotopic (exact) mass is 507 g/mol. The fourth-order valence-corrected chi connectivity index (χ4v) is 3.17. The van der Waals surface area contributed by atoms with E-state index in [9.17, 15) is 4.79 Å². The zero-order valence-electron chi connectivity index (χ0n) is 17.1.